The zero-order chi connectivity index (χ0) is 23.3. The van der Waals surface area contributed by atoms with Crippen LogP contribution in [-0.2, 0) is 6.54 Å². The van der Waals surface area contributed by atoms with Gasteiger partial charge in [-0.3, -0.25) is 4.79 Å². The first-order chi connectivity index (χ1) is 15.8. The molecule has 0 spiro atoms. The van der Waals surface area contributed by atoms with Gasteiger partial charge in [0, 0.05) is 37.5 Å². The molecule has 0 aliphatic carbocycles. The molecule has 5 rings (SSSR count). The number of halogens is 4. The lowest BCUT2D eigenvalue weighted by Crippen LogP contribution is -2.11. The number of fused-ring (bicyclic) bond motifs is 3. The van der Waals surface area contributed by atoms with Gasteiger partial charge in [-0.2, -0.15) is 0 Å². The fraction of sp³-hybridized carbons (Fsp3) is 0.0385. The number of hydrogen-bond donors (Lipinski definition) is 1. The first-order valence-corrected chi connectivity index (χ1v) is 11.2. The van der Waals surface area contributed by atoms with Gasteiger partial charge in [-0.05, 0) is 42.0 Å². The molecular weight excluding hydrogens is 482 g/mol. The minimum absolute atomic E-state index is 0.0553. The maximum atomic E-state index is 14.8. The zero-order valence-corrected chi connectivity index (χ0v) is 19.3. The Kier molecular flexibility index (Phi) is 5.53. The topological polar surface area (TPSA) is 48.0 Å². The summed E-state index contributed by atoms with van der Waals surface area (Å²) < 4.78 is 16.7. The van der Waals surface area contributed by atoms with E-state index in [0.717, 1.165) is 32.9 Å². The van der Waals surface area contributed by atoms with Crippen molar-refractivity contribution in [3.8, 4) is 11.1 Å². The molecule has 5 aromatic rings. The summed E-state index contributed by atoms with van der Waals surface area (Å²) in [6, 6.07) is 21.4. The molecule has 2 N–H and O–H groups in total. The third kappa shape index (κ3) is 3.74. The van der Waals surface area contributed by atoms with Crippen molar-refractivity contribution < 1.29 is 9.18 Å². The SMILES string of the molecule is NC(=O)c1cccc2c1c1ccc(-c3ccc(Cl)cc3Cl)cc1n2Cc1cccc(Cl)c1F. The molecule has 0 unspecified atom stereocenters. The van der Waals surface area contributed by atoms with Crippen LogP contribution in [0, 0.1) is 5.82 Å². The lowest BCUT2D eigenvalue weighted by molar-refractivity contribution is 0.100. The molecule has 7 heteroatoms. The quantitative estimate of drug-likeness (QED) is 0.272. The summed E-state index contributed by atoms with van der Waals surface area (Å²) in [7, 11) is 0. The number of primary amides is 1. The Labute approximate surface area is 204 Å². The van der Waals surface area contributed by atoms with E-state index in [9.17, 15) is 9.18 Å². The third-order valence-electron chi connectivity index (χ3n) is 5.76. The fourth-order valence-electron chi connectivity index (χ4n) is 4.25. The number of nitrogens with zero attached hydrogens (tertiary/aromatic N) is 1. The van der Waals surface area contributed by atoms with Gasteiger partial charge in [0.25, 0.3) is 0 Å². The minimum Gasteiger partial charge on any atom is -0.366 e. The molecule has 0 saturated heterocycles. The molecule has 1 amide bonds. The zero-order valence-electron chi connectivity index (χ0n) is 17.1. The van der Waals surface area contributed by atoms with E-state index in [1.807, 2.05) is 34.9 Å². The third-order valence-corrected chi connectivity index (χ3v) is 6.60. The number of carbonyl (C=O) groups excluding carboxylic acids is 1. The number of aromatic nitrogens is 1. The van der Waals surface area contributed by atoms with Crippen LogP contribution >= 0.6 is 34.8 Å². The Hall–Kier alpha value is -3.05. The van der Waals surface area contributed by atoms with Crippen LogP contribution < -0.4 is 5.73 Å². The molecular formula is C26H16Cl3FN2O. The number of amides is 1. The average Bonchev–Trinajstić information content (AvgIpc) is 3.10. The summed E-state index contributed by atoms with van der Waals surface area (Å²) in [4.78, 5) is 12.2. The second kappa shape index (κ2) is 8.38. The molecule has 0 atom stereocenters. The van der Waals surface area contributed by atoms with E-state index in [1.54, 1.807) is 36.4 Å². The van der Waals surface area contributed by atoms with Crippen molar-refractivity contribution in [2.75, 3.05) is 0 Å². The van der Waals surface area contributed by atoms with E-state index in [1.165, 1.54) is 6.07 Å². The van der Waals surface area contributed by atoms with Gasteiger partial charge >= 0.3 is 0 Å². The number of nitrogens with two attached hydrogens (primary N) is 1. The van der Waals surface area contributed by atoms with Crippen LogP contribution in [0.25, 0.3) is 32.9 Å². The van der Waals surface area contributed by atoms with Gasteiger partial charge in [0.1, 0.15) is 5.82 Å². The van der Waals surface area contributed by atoms with E-state index < -0.39 is 11.7 Å². The fourth-order valence-corrected chi connectivity index (χ4v) is 4.96. The summed E-state index contributed by atoms with van der Waals surface area (Å²) in [6.07, 6.45) is 0. The molecule has 1 heterocycles. The summed E-state index contributed by atoms with van der Waals surface area (Å²) in [5.41, 5.74) is 9.75. The first kappa shape index (κ1) is 21.8. The van der Waals surface area contributed by atoms with Gasteiger partial charge in [0.15, 0.2) is 0 Å². The predicted molar refractivity (Wildman–Crippen MR) is 134 cm³/mol. The summed E-state index contributed by atoms with van der Waals surface area (Å²) in [5, 5.41) is 2.66. The van der Waals surface area contributed by atoms with Crippen molar-refractivity contribution in [3.63, 3.8) is 0 Å². The Bertz CT molecular complexity index is 1580. The van der Waals surface area contributed by atoms with Crippen molar-refractivity contribution in [1.82, 2.24) is 4.57 Å². The van der Waals surface area contributed by atoms with Gasteiger partial charge in [-0.15, -0.1) is 0 Å². The van der Waals surface area contributed by atoms with Crippen LogP contribution in [0.3, 0.4) is 0 Å². The van der Waals surface area contributed by atoms with Crippen LogP contribution in [-0.4, -0.2) is 10.5 Å². The Morgan fingerprint density at radius 3 is 2.42 bits per heavy atom. The van der Waals surface area contributed by atoms with Crippen LogP contribution in [0.2, 0.25) is 15.1 Å². The molecule has 33 heavy (non-hydrogen) atoms. The van der Waals surface area contributed by atoms with Crippen molar-refractivity contribution in [2.45, 2.75) is 6.54 Å². The number of hydrogen-bond acceptors (Lipinski definition) is 1. The maximum absolute atomic E-state index is 14.8. The lowest BCUT2D eigenvalue weighted by Gasteiger charge is -2.11. The minimum atomic E-state index is -0.529. The predicted octanol–water partition coefficient (Wildman–Crippen LogP) is 7.71. The molecule has 1 aromatic heterocycles. The monoisotopic (exact) mass is 496 g/mol. The maximum Gasteiger partial charge on any atom is 0.249 e. The van der Waals surface area contributed by atoms with Gasteiger partial charge in [-0.1, -0.05) is 71.2 Å². The number of carbonyl (C=O) groups is 1. The molecule has 0 fully saturated rings. The number of rotatable bonds is 4. The molecule has 4 aromatic carbocycles. The van der Waals surface area contributed by atoms with E-state index >= 15 is 0 Å². The molecule has 0 saturated carbocycles. The van der Waals surface area contributed by atoms with Crippen molar-refractivity contribution in [2.24, 2.45) is 5.73 Å². The highest BCUT2D eigenvalue weighted by Gasteiger charge is 2.19. The largest absolute Gasteiger partial charge is 0.366 e. The summed E-state index contributed by atoms with van der Waals surface area (Å²) in [6.45, 7) is 0.215. The normalized spacial score (nSPS) is 11.4. The highest BCUT2D eigenvalue weighted by Crippen LogP contribution is 2.37. The second-order valence-electron chi connectivity index (χ2n) is 7.72. The van der Waals surface area contributed by atoms with Gasteiger partial charge < -0.3 is 10.3 Å². The van der Waals surface area contributed by atoms with Crippen LogP contribution in [0.1, 0.15) is 15.9 Å². The number of benzene rings is 4. The van der Waals surface area contributed by atoms with Crippen LogP contribution in [0.15, 0.2) is 72.8 Å². The Balaban J connectivity index is 1.82. The Morgan fingerprint density at radius 1 is 0.879 bits per heavy atom. The molecule has 0 bridgehead atoms. The standard InChI is InChI=1S/C26H16Cl3FN2O/c27-16-8-10-17(21(29)12-16)14-7-9-18-23(11-14)32(13-15-3-1-5-20(28)25(15)30)22-6-2-4-19(24(18)22)26(31)33/h1-12H,13H2,(H2,31,33). The highest BCUT2D eigenvalue weighted by atomic mass is 35.5. The van der Waals surface area contributed by atoms with Crippen LogP contribution in [0.4, 0.5) is 4.39 Å². The van der Waals surface area contributed by atoms with E-state index in [2.05, 4.69) is 0 Å². The van der Waals surface area contributed by atoms with E-state index in [4.69, 9.17) is 40.5 Å². The summed E-state index contributed by atoms with van der Waals surface area (Å²) in [5.74, 6) is -1.00. The van der Waals surface area contributed by atoms with Crippen molar-refractivity contribution in [3.05, 3.63) is 105 Å². The molecule has 0 aliphatic rings. The van der Waals surface area contributed by atoms with Gasteiger partial charge in [-0.25, -0.2) is 4.39 Å². The lowest BCUT2D eigenvalue weighted by atomic mass is 10.0. The second-order valence-corrected chi connectivity index (χ2v) is 8.97. The molecule has 0 aliphatic heterocycles. The average molecular weight is 498 g/mol. The first-order valence-electron chi connectivity index (χ1n) is 10.1. The summed E-state index contributed by atoms with van der Waals surface area (Å²) >= 11 is 18.5. The highest BCUT2D eigenvalue weighted by molar-refractivity contribution is 6.36. The van der Waals surface area contributed by atoms with Crippen molar-refractivity contribution >= 4 is 62.5 Å². The van der Waals surface area contributed by atoms with E-state index in [0.29, 0.717) is 21.2 Å². The Morgan fingerprint density at radius 2 is 1.67 bits per heavy atom. The van der Waals surface area contributed by atoms with Crippen LogP contribution in [0.5, 0.6) is 0 Å². The van der Waals surface area contributed by atoms with Gasteiger partial charge in [0.2, 0.25) is 5.91 Å². The molecule has 164 valence electrons. The molecule has 3 nitrogen and oxygen atoms in total. The van der Waals surface area contributed by atoms with Crippen molar-refractivity contribution in [1.29, 1.82) is 0 Å². The van der Waals surface area contributed by atoms with E-state index in [-0.39, 0.29) is 11.6 Å². The molecule has 0 radical (unpaired) electrons. The van der Waals surface area contributed by atoms with Gasteiger partial charge in [0.05, 0.1) is 22.6 Å². The smallest absolute Gasteiger partial charge is 0.249 e.